The van der Waals surface area contributed by atoms with E-state index in [-0.39, 0.29) is 11.7 Å². The number of nitrogens with zero attached hydrogens (tertiary/aromatic N) is 3. The lowest BCUT2D eigenvalue weighted by molar-refractivity contribution is -0.113. The van der Waals surface area contributed by atoms with Crippen LogP contribution in [0.25, 0.3) is 11.4 Å². The highest BCUT2D eigenvalue weighted by Gasteiger charge is 2.14. The van der Waals surface area contributed by atoms with E-state index < -0.39 is 0 Å². The van der Waals surface area contributed by atoms with Crippen molar-refractivity contribution in [2.24, 2.45) is 0 Å². The first-order valence-electron chi connectivity index (χ1n) is 8.25. The minimum absolute atomic E-state index is 0.0735. The Kier molecular flexibility index (Phi) is 6.11. The average Bonchev–Trinajstić information content (AvgIpc) is 3.03. The number of nitrogens with one attached hydrogen (secondary N) is 1. The highest BCUT2D eigenvalue weighted by molar-refractivity contribution is 9.10. The van der Waals surface area contributed by atoms with Crippen LogP contribution in [-0.2, 0) is 11.3 Å². The van der Waals surface area contributed by atoms with E-state index in [4.69, 9.17) is 0 Å². The molecular formula is C19H19BrN4OS. The number of thioether (sulfide) groups is 1. The number of carbonyl (C=O) groups excluding carboxylic acids is 1. The van der Waals surface area contributed by atoms with Crippen LogP contribution < -0.4 is 5.32 Å². The molecule has 1 heterocycles. The molecule has 134 valence electrons. The molecule has 0 atom stereocenters. The molecule has 0 bridgehead atoms. The SMILES string of the molecule is CCn1c(SCC(=O)Nc2cccc(Br)c2)nnc1-c1ccc(C)cc1. The molecule has 7 heteroatoms. The van der Waals surface area contributed by atoms with Crippen molar-refractivity contribution in [2.45, 2.75) is 25.5 Å². The summed E-state index contributed by atoms with van der Waals surface area (Å²) in [5.74, 6) is 1.02. The number of rotatable bonds is 6. The van der Waals surface area contributed by atoms with Gasteiger partial charge in [0, 0.05) is 22.3 Å². The number of aryl methyl sites for hydroxylation is 1. The number of hydrogen-bond acceptors (Lipinski definition) is 4. The zero-order valence-electron chi connectivity index (χ0n) is 14.6. The molecule has 0 aliphatic heterocycles. The number of amides is 1. The van der Waals surface area contributed by atoms with E-state index in [2.05, 4.69) is 50.5 Å². The molecule has 2 aromatic carbocycles. The summed E-state index contributed by atoms with van der Waals surface area (Å²) < 4.78 is 2.96. The third kappa shape index (κ3) is 4.53. The van der Waals surface area contributed by atoms with Crippen LogP contribution in [0.3, 0.4) is 0 Å². The van der Waals surface area contributed by atoms with Gasteiger partial charge in [-0.3, -0.25) is 4.79 Å². The van der Waals surface area contributed by atoms with Gasteiger partial charge in [-0.05, 0) is 32.0 Å². The Morgan fingerprint density at radius 2 is 1.96 bits per heavy atom. The number of anilines is 1. The van der Waals surface area contributed by atoms with Gasteiger partial charge in [-0.1, -0.05) is 63.6 Å². The predicted molar refractivity (Wildman–Crippen MR) is 109 cm³/mol. The normalized spacial score (nSPS) is 10.7. The number of halogens is 1. The van der Waals surface area contributed by atoms with Crippen LogP contribution in [0, 0.1) is 6.92 Å². The van der Waals surface area contributed by atoms with Crippen LogP contribution in [0.5, 0.6) is 0 Å². The van der Waals surface area contributed by atoms with Gasteiger partial charge in [-0.2, -0.15) is 0 Å². The van der Waals surface area contributed by atoms with E-state index in [0.29, 0.717) is 0 Å². The number of carbonyl (C=O) groups is 1. The van der Waals surface area contributed by atoms with Crippen molar-refractivity contribution in [3.63, 3.8) is 0 Å². The van der Waals surface area contributed by atoms with Crippen LogP contribution in [0.2, 0.25) is 0 Å². The summed E-state index contributed by atoms with van der Waals surface area (Å²) in [6.45, 7) is 4.85. The second kappa shape index (κ2) is 8.51. The predicted octanol–water partition coefficient (Wildman–Crippen LogP) is 4.77. The number of hydrogen-bond donors (Lipinski definition) is 1. The van der Waals surface area contributed by atoms with Gasteiger partial charge in [0.15, 0.2) is 11.0 Å². The molecule has 1 amide bonds. The Labute approximate surface area is 165 Å². The van der Waals surface area contributed by atoms with Crippen molar-refractivity contribution in [1.29, 1.82) is 0 Å². The van der Waals surface area contributed by atoms with E-state index in [1.165, 1.54) is 17.3 Å². The van der Waals surface area contributed by atoms with Gasteiger partial charge in [0.1, 0.15) is 0 Å². The van der Waals surface area contributed by atoms with Crippen LogP contribution in [0.1, 0.15) is 12.5 Å². The van der Waals surface area contributed by atoms with Gasteiger partial charge in [0.05, 0.1) is 5.75 Å². The van der Waals surface area contributed by atoms with Crippen molar-refractivity contribution in [3.05, 3.63) is 58.6 Å². The molecule has 3 aromatic rings. The monoisotopic (exact) mass is 430 g/mol. The Bertz CT molecular complexity index is 908. The summed E-state index contributed by atoms with van der Waals surface area (Å²) in [5, 5.41) is 12.2. The Morgan fingerprint density at radius 1 is 1.19 bits per heavy atom. The van der Waals surface area contributed by atoms with Crippen molar-refractivity contribution < 1.29 is 4.79 Å². The quantitative estimate of drug-likeness (QED) is 0.572. The second-order valence-electron chi connectivity index (χ2n) is 5.76. The third-order valence-electron chi connectivity index (χ3n) is 3.78. The van der Waals surface area contributed by atoms with Crippen LogP contribution in [0.4, 0.5) is 5.69 Å². The lowest BCUT2D eigenvalue weighted by Gasteiger charge is -2.08. The number of aromatic nitrogens is 3. The van der Waals surface area contributed by atoms with Crippen LogP contribution >= 0.6 is 27.7 Å². The number of benzene rings is 2. The third-order valence-corrected chi connectivity index (χ3v) is 5.24. The lowest BCUT2D eigenvalue weighted by Crippen LogP contribution is -2.14. The van der Waals surface area contributed by atoms with E-state index in [1.807, 2.05) is 47.9 Å². The molecule has 0 unspecified atom stereocenters. The molecule has 0 saturated heterocycles. The maximum Gasteiger partial charge on any atom is 0.234 e. The molecule has 26 heavy (non-hydrogen) atoms. The van der Waals surface area contributed by atoms with Gasteiger partial charge in [0.2, 0.25) is 5.91 Å². The van der Waals surface area contributed by atoms with Gasteiger partial charge >= 0.3 is 0 Å². The first kappa shape index (κ1) is 18.7. The van der Waals surface area contributed by atoms with Gasteiger partial charge < -0.3 is 9.88 Å². The highest BCUT2D eigenvalue weighted by Crippen LogP contribution is 2.24. The summed E-state index contributed by atoms with van der Waals surface area (Å²) in [7, 11) is 0. The summed E-state index contributed by atoms with van der Waals surface area (Å²) in [4.78, 5) is 12.2. The smallest absolute Gasteiger partial charge is 0.234 e. The van der Waals surface area contributed by atoms with Gasteiger partial charge in [0.25, 0.3) is 0 Å². The van der Waals surface area contributed by atoms with Crippen molar-refractivity contribution in [2.75, 3.05) is 11.1 Å². The molecule has 3 rings (SSSR count). The van der Waals surface area contributed by atoms with E-state index in [1.54, 1.807) is 0 Å². The van der Waals surface area contributed by atoms with Gasteiger partial charge in [-0.25, -0.2) is 0 Å². The highest BCUT2D eigenvalue weighted by atomic mass is 79.9. The summed E-state index contributed by atoms with van der Waals surface area (Å²) in [6.07, 6.45) is 0. The summed E-state index contributed by atoms with van der Waals surface area (Å²) in [5.41, 5.74) is 2.99. The van der Waals surface area contributed by atoms with Crippen molar-refractivity contribution in [3.8, 4) is 11.4 Å². The van der Waals surface area contributed by atoms with Gasteiger partial charge in [-0.15, -0.1) is 10.2 Å². The average molecular weight is 431 g/mol. The standard InChI is InChI=1S/C19H19BrN4OS/c1-3-24-18(14-9-7-13(2)8-10-14)22-23-19(24)26-12-17(25)21-16-6-4-5-15(20)11-16/h4-11H,3,12H2,1-2H3,(H,21,25). The molecule has 0 aliphatic carbocycles. The van der Waals surface area contributed by atoms with E-state index in [9.17, 15) is 4.79 Å². The van der Waals surface area contributed by atoms with Crippen molar-refractivity contribution in [1.82, 2.24) is 14.8 Å². The molecule has 0 radical (unpaired) electrons. The van der Waals surface area contributed by atoms with Crippen LogP contribution in [-0.4, -0.2) is 26.4 Å². The Balaban J connectivity index is 1.68. The largest absolute Gasteiger partial charge is 0.325 e. The molecule has 1 aromatic heterocycles. The molecule has 0 saturated carbocycles. The molecule has 0 aliphatic rings. The summed E-state index contributed by atoms with van der Waals surface area (Å²) in [6, 6.07) is 15.7. The lowest BCUT2D eigenvalue weighted by atomic mass is 10.1. The minimum Gasteiger partial charge on any atom is -0.325 e. The van der Waals surface area contributed by atoms with Crippen LogP contribution in [0.15, 0.2) is 58.2 Å². The second-order valence-corrected chi connectivity index (χ2v) is 7.62. The first-order chi connectivity index (χ1) is 12.6. The maximum absolute atomic E-state index is 12.2. The molecule has 5 nitrogen and oxygen atoms in total. The van der Waals surface area contributed by atoms with E-state index >= 15 is 0 Å². The molecule has 1 N–H and O–H groups in total. The summed E-state index contributed by atoms with van der Waals surface area (Å²) >= 11 is 4.79. The fourth-order valence-electron chi connectivity index (χ4n) is 2.49. The molecule has 0 fully saturated rings. The fraction of sp³-hybridized carbons (Fsp3) is 0.211. The molecule has 0 spiro atoms. The minimum atomic E-state index is -0.0735. The fourth-order valence-corrected chi connectivity index (χ4v) is 3.69. The zero-order valence-corrected chi connectivity index (χ0v) is 17.0. The zero-order chi connectivity index (χ0) is 18.5. The first-order valence-corrected chi connectivity index (χ1v) is 10.0. The maximum atomic E-state index is 12.2. The Morgan fingerprint density at radius 3 is 2.65 bits per heavy atom. The molecular weight excluding hydrogens is 412 g/mol. The van der Waals surface area contributed by atoms with Crippen molar-refractivity contribution >= 4 is 39.3 Å². The van der Waals surface area contributed by atoms with E-state index in [0.717, 1.165) is 33.2 Å². The Hall–Kier alpha value is -2.12. The topological polar surface area (TPSA) is 59.8 Å².